The summed E-state index contributed by atoms with van der Waals surface area (Å²) in [6.45, 7) is 8.13. The van der Waals surface area contributed by atoms with Crippen molar-refractivity contribution in [1.82, 2.24) is 10.2 Å². The lowest BCUT2D eigenvalue weighted by Gasteiger charge is -2.16. The maximum absolute atomic E-state index is 3.47. The topological polar surface area (TPSA) is 15.3 Å². The van der Waals surface area contributed by atoms with Gasteiger partial charge in [-0.1, -0.05) is 26.7 Å². The van der Waals surface area contributed by atoms with E-state index in [9.17, 15) is 0 Å². The number of thioether (sulfide) groups is 1. The van der Waals surface area contributed by atoms with Crippen LogP contribution in [0.1, 0.15) is 46.0 Å². The van der Waals surface area contributed by atoms with Gasteiger partial charge < -0.3 is 10.2 Å². The van der Waals surface area contributed by atoms with E-state index in [2.05, 4.69) is 37.4 Å². The lowest BCUT2D eigenvalue weighted by atomic mass is 10.2. The van der Waals surface area contributed by atoms with Crippen molar-refractivity contribution in [3.8, 4) is 0 Å². The molecule has 0 saturated carbocycles. The molecule has 0 aliphatic carbocycles. The molecule has 0 aliphatic rings. The van der Waals surface area contributed by atoms with Gasteiger partial charge in [-0.05, 0) is 58.0 Å². The molecule has 0 fully saturated rings. The van der Waals surface area contributed by atoms with E-state index in [1.165, 1.54) is 57.5 Å². The van der Waals surface area contributed by atoms with Gasteiger partial charge >= 0.3 is 0 Å². The highest BCUT2D eigenvalue weighted by Crippen LogP contribution is 2.02. The number of unbranched alkanes of at least 4 members (excludes halogenated alkanes) is 3. The Balaban J connectivity index is 3.11. The first-order valence-electron chi connectivity index (χ1n) is 7.07. The van der Waals surface area contributed by atoms with Crippen LogP contribution in [0.5, 0.6) is 0 Å². The fraction of sp³-hybridized carbons (Fsp3) is 1.00. The first kappa shape index (κ1) is 17.3. The molecule has 1 N–H and O–H groups in total. The van der Waals surface area contributed by atoms with Crippen LogP contribution in [0.25, 0.3) is 0 Å². The molecule has 104 valence electrons. The van der Waals surface area contributed by atoms with Gasteiger partial charge in [0.15, 0.2) is 0 Å². The quantitative estimate of drug-likeness (QED) is 0.542. The Morgan fingerprint density at radius 1 is 1.00 bits per heavy atom. The van der Waals surface area contributed by atoms with E-state index in [0.29, 0.717) is 6.04 Å². The smallest absolute Gasteiger partial charge is 0.00103 e. The molecule has 0 radical (unpaired) electrons. The lowest BCUT2D eigenvalue weighted by molar-refractivity contribution is 0.325. The second-order valence-electron chi connectivity index (χ2n) is 5.17. The third-order valence-corrected chi connectivity index (χ3v) is 3.60. The standard InChI is InChI=1S/C14H32N2S/c1-14(2)15-10-7-5-6-8-11-16(3)12-9-13-17-4/h14-15H,5-13H2,1-4H3. The van der Waals surface area contributed by atoms with Gasteiger partial charge in [0.25, 0.3) is 0 Å². The van der Waals surface area contributed by atoms with Crippen molar-refractivity contribution in [1.29, 1.82) is 0 Å². The maximum Gasteiger partial charge on any atom is 0.00103 e. The predicted molar refractivity (Wildman–Crippen MR) is 82.1 cm³/mol. The third kappa shape index (κ3) is 14.2. The molecule has 0 unspecified atom stereocenters. The van der Waals surface area contributed by atoms with E-state index in [-0.39, 0.29) is 0 Å². The van der Waals surface area contributed by atoms with Crippen LogP contribution < -0.4 is 5.32 Å². The summed E-state index contributed by atoms with van der Waals surface area (Å²) in [6, 6.07) is 0.637. The molecule has 3 heteroatoms. The number of hydrogen-bond acceptors (Lipinski definition) is 3. The summed E-state index contributed by atoms with van der Waals surface area (Å²) >= 11 is 1.95. The molecular formula is C14H32N2S. The van der Waals surface area contributed by atoms with Crippen LogP contribution in [-0.4, -0.2) is 49.6 Å². The van der Waals surface area contributed by atoms with Crippen LogP contribution in [0.2, 0.25) is 0 Å². The molecule has 2 nitrogen and oxygen atoms in total. The second kappa shape index (κ2) is 12.7. The van der Waals surface area contributed by atoms with Gasteiger partial charge in [0.2, 0.25) is 0 Å². The van der Waals surface area contributed by atoms with Crippen molar-refractivity contribution in [3.63, 3.8) is 0 Å². The molecule has 0 aromatic heterocycles. The Hall–Kier alpha value is 0.270. The number of rotatable bonds is 12. The van der Waals surface area contributed by atoms with Gasteiger partial charge in [-0.3, -0.25) is 0 Å². The van der Waals surface area contributed by atoms with E-state index < -0.39 is 0 Å². The number of nitrogens with one attached hydrogen (secondary N) is 1. The Bertz CT molecular complexity index is 151. The van der Waals surface area contributed by atoms with Gasteiger partial charge in [-0.2, -0.15) is 11.8 Å². The van der Waals surface area contributed by atoms with Crippen LogP contribution in [0, 0.1) is 0 Å². The van der Waals surface area contributed by atoms with Gasteiger partial charge in [0, 0.05) is 6.04 Å². The Labute approximate surface area is 113 Å². The monoisotopic (exact) mass is 260 g/mol. The number of nitrogens with zero attached hydrogens (tertiary/aromatic N) is 1. The summed E-state index contributed by atoms with van der Waals surface area (Å²) < 4.78 is 0. The zero-order chi connectivity index (χ0) is 12.9. The summed E-state index contributed by atoms with van der Waals surface area (Å²) in [5, 5.41) is 3.47. The minimum atomic E-state index is 0.637. The molecule has 0 heterocycles. The Morgan fingerprint density at radius 3 is 2.29 bits per heavy atom. The van der Waals surface area contributed by atoms with Crippen LogP contribution in [0.15, 0.2) is 0 Å². The number of hydrogen-bond donors (Lipinski definition) is 1. The SMILES string of the molecule is CSCCCN(C)CCCCCCNC(C)C. The fourth-order valence-corrected chi connectivity index (χ4v) is 2.26. The average molecular weight is 260 g/mol. The molecule has 0 amide bonds. The highest BCUT2D eigenvalue weighted by atomic mass is 32.2. The zero-order valence-corrected chi connectivity index (χ0v) is 13.1. The van der Waals surface area contributed by atoms with Crippen molar-refractivity contribution in [2.45, 2.75) is 52.0 Å². The predicted octanol–water partition coefficient (Wildman–Crippen LogP) is 3.23. The highest BCUT2D eigenvalue weighted by Gasteiger charge is 1.98. The minimum Gasteiger partial charge on any atom is -0.315 e. The molecular weight excluding hydrogens is 228 g/mol. The normalized spacial score (nSPS) is 11.6. The van der Waals surface area contributed by atoms with Gasteiger partial charge in [-0.15, -0.1) is 0 Å². The Morgan fingerprint density at radius 2 is 1.65 bits per heavy atom. The first-order chi connectivity index (χ1) is 8.16. The molecule has 0 bridgehead atoms. The largest absolute Gasteiger partial charge is 0.315 e. The molecule has 0 aromatic carbocycles. The highest BCUT2D eigenvalue weighted by molar-refractivity contribution is 7.98. The van der Waals surface area contributed by atoms with Crippen molar-refractivity contribution >= 4 is 11.8 Å². The lowest BCUT2D eigenvalue weighted by Crippen LogP contribution is -2.23. The summed E-state index contributed by atoms with van der Waals surface area (Å²) in [4.78, 5) is 2.47. The fourth-order valence-electron chi connectivity index (χ4n) is 1.84. The summed E-state index contributed by atoms with van der Waals surface area (Å²) in [5.74, 6) is 1.30. The van der Waals surface area contributed by atoms with Crippen molar-refractivity contribution in [3.05, 3.63) is 0 Å². The van der Waals surface area contributed by atoms with E-state index in [4.69, 9.17) is 0 Å². The molecule has 0 atom stereocenters. The van der Waals surface area contributed by atoms with Crippen LogP contribution in [0.4, 0.5) is 0 Å². The van der Waals surface area contributed by atoms with E-state index in [1.807, 2.05) is 11.8 Å². The summed E-state index contributed by atoms with van der Waals surface area (Å²) in [7, 11) is 2.25. The molecule has 0 rings (SSSR count). The van der Waals surface area contributed by atoms with Crippen molar-refractivity contribution in [2.24, 2.45) is 0 Å². The molecule has 0 aromatic rings. The zero-order valence-electron chi connectivity index (χ0n) is 12.3. The molecule has 0 saturated heterocycles. The van der Waals surface area contributed by atoms with E-state index >= 15 is 0 Å². The van der Waals surface area contributed by atoms with E-state index in [0.717, 1.165) is 0 Å². The average Bonchev–Trinajstić information content (AvgIpc) is 2.28. The van der Waals surface area contributed by atoms with Crippen molar-refractivity contribution in [2.75, 3.05) is 38.7 Å². The summed E-state index contributed by atoms with van der Waals surface area (Å²) in [6.07, 6.45) is 8.96. The van der Waals surface area contributed by atoms with E-state index in [1.54, 1.807) is 0 Å². The third-order valence-electron chi connectivity index (χ3n) is 2.91. The Kier molecular flexibility index (Phi) is 12.9. The molecule has 0 aliphatic heterocycles. The van der Waals surface area contributed by atoms with Crippen LogP contribution in [-0.2, 0) is 0 Å². The molecule has 17 heavy (non-hydrogen) atoms. The van der Waals surface area contributed by atoms with Crippen molar-refractivity contribution < 1.29 is 0 Å². The maximum atomic E-state index is 3.47. The second-order valence-corrected chi connectivity index (χ2v) is 6.16. The van der Waals surface area contributed by atoms with Crippen LogP contribution in [0.3, 0.4) is 0 Å². The molecule has 0 spiro atoms. The van der Waals surface area contributed by atoms with Crippen LogP contribution >= 0.6 is 11.8 Å². The van der Waals surface area contributed by atoms with Gasteiger partial charge in [-0.25, -0.2) is 0 Å². The summed E-state index contributed by atoms with van der Waals surface area (Å²) in [5.41, 5.74) is 0. The first-order valence-corrected chi connectivity index (χ1v) is 8.47. The minimum absolute atomic E-state index is 0.637. The van der Waals surface area contributed by atoms with Gasteiger partial charge in [0.1, 0.15) is 0 Å². The van der Waals surface area contributed by atoms with Gasteiger partial charge in [0.05, 0.1) is 0 Å².